The van der Waals surface area contributed by atoms with Crippen LogP contribution >= 0.6 is 0 Å². The van der Waals surface area contributed by atoms with E-state index in [1.165, 1.54) is 70.9 Å². The molecule has 20 heavy (non-hydrogen) atoms. The largest absolute Gasteiger partial charge is 0.312 e. The molecule has 0 amide bonds. The van der Waals surface area contributed by atoms with Gasteiger partial charge in [0.15, 0.2) is 0 Å². The van der Waals surface area contributed by atoms with Crippen molar-refractivity contribution in [3.05, 3.63) is 0 Å². The smallest absolute Gasteiger partial charge is 0.0252 e. The summed E-state index contributed by atoms with van der Waals surface area (Å²) in [6.07, 6.45) is 13.1. The van der Waals surface area contributed by atoms with Crippen LogP contribution in [0.3, 0.4) is 0 Å². The summed E-state index contributed by atoms with van der Waals surface area (Å²) >= 11 is 0. The second-order valence-electron chi connectivity index (χ2n) is 7.82. The molecule has 2 nitrogen and oxygen atoms in total. The van der Waals surface area contributed by atoms with Gasteiger partial charge in [-0.25, -0.2) is 0 Å². The van der Waals surface area contributed by atoms with Crippen molar-refractivity contribution in [3.8, 4) is 0 Å². The Morgan fingerprint density at radius 2 is 1.80 bits per heavy atom. The van der Waals surface area contributed by atoms with Gasteiger partial charge in [0, 0.05) is 18.1 Å². The van der Waals surface area contributed by atoms with Crippen LogP contribution in [0.4, 0.5) is 0 Å². The number of nitrogens with one attached hydrogen (secondary N) is 1. The SMILES string of the molecule is CC(C)C1CCCC(N2CCCC2C2CCCN2)CC1. The van der Waals surface area contributed by atoms with Crippen LogP contribution in [0, 0.1) is 11.8 Å². The summed E-state index contributed by atoms with van der Waals surface area (Å²) in [6, 6.07) is 2.56. The molecule has 1 aliphatic carbocycles. The Bertz CT molecular complexity index is 296. The topological polar surface area (TPSA) is 15.3 Å². The minimum atomic E-state index is 0.807. The van der Waals surface area contributed by atoms with Gasteiger partial charge in [-0.1, -0.05) is 26.7 Å². The zero-order valence-electron chi connectivity index (χ0n) is 13.6. The van der Waals surface area contributed by atoms with Crippen molar-refractivity contribution >= 4 is 0 Å². The van der Waals surface area contributed by atoms with Crippen LogP contribution in [0.5, 0.6) is 0 Å². The van der Waals surface area contributed by atoms with E-state index in [2.05, 4.69) is 24.1 Å². The molecule has 0 spiro atoms. The number of nitrogens with zero attached hydrogens (tertiary/aromatic N) is 1. The first-order valence-electron chi connectivity index (χ1n) is 9.25. The lowest BCUT2D eigenvalue weighted by Crippen LogP contribution is -2.48. The molecule has 3 rings (SSSR count). The van der Waals surface area contributed by atoms with E-state index in [0.29, 0.717) is 0 Å². The average molecular weight is 278 g/mol. The van der Waals surface area contributed by atoms with Crippen LogP contribution in [0.1, 0.15) is 71.6 Å². The molecule has 1 N–H and O–H groups in total. The van der Waals surface area contributed by atoms with Gasteiger partial charge in [-0.05, 0) is 69.9 Å². The van der Waals surface area contributed by atoms with E-state index >= 15 is 0 Å². The quantitative estimate of drug-likeness (QED) is 0.790. The van der Waals surface area contributed by atoms with Gasteiger partial charge in [-0.3, -0.25) is 4.90 Å². The summed E-state index contributed by atoms with van der Waals surface area (Å²) in [7, 11) is 0. The molecule has 2 aliphatic heterocycles. The van der Waals surface area contributed by atoms with E-state index < -0.39 is 0 Å². The van der Waals surface area contributed by atoms with Gasteiger partial charge in [0.1, 0.15) is 0 Å². The monoisotopic (exact) mass is 278 g/mol. The minimum absolute atomic E-state index is 0.807. The minimum Gasteiger partial charge on any atom is -0.312 e. The first-order chi connectivity index (χ1) is 9.75. The van der Waals surface area contributed by atoms with Crippen LogP contribution in [0.15, 0.2) is 0 Å². The van der Waals surface area contributed by atoms with Crippen molar-refractivity contribution in [1.29, 1.82) is 0 Å². The lowest BCUT2D eigenvalue weighted by molar-refractivity contribution is 0.137. The lowest BCUT2D eigenvalue weighted by Gasteiger charge is -2.36. The van der Waals surface area contributed by atoms with E-state index in [9.17, 15) is 0 Å². The third kappa shape index (κ3) is 3.22. The fraction of sp³-hybridized carbons (Fsp3) is 1.00. The summed E-state index contributed by atoms with van der Waals surface area (Å²) in [5.41, 5.74) is 0. The van der Waals surface area contributed by atoms with Crippen molar-refractivity contribution in [1.82, 2.24) is 10.2 Å². The Kier molecular flexibility index (Phi) is 5.04. The van der Waals surface area contributed by atoms with Crippen molar-refractivity contribution in [3.63, 3.8) is 0 Å². The third-order valence-electron chi connectivity index (χ3n) is 6.30. The maximum absolute atomic E-state index is 3.77. The molecular formula is C18H34N2. The van der Waals surface area contributed by atoms with Gasteiger partial charge >= 0.3 is 0 Å². The molecule has 0 bridgehead atoms. The predicted octanol–water partition coefficient (Wildman–Crippen LogP) is 3.81. The van der Waals surface area contributed by atoms with Crippen molar-refractivity contribution in [2.75, 3.05) is 13.1 Å². The summed E-state index contributed by atoms with van der Waals surface area (Å²) in [5, 5.41) is 3.77. The van der Waals surface area contributed by atoms with E-state index in [-0.39, 0.29) is 0 Å². The Labute approximate surface area is 125 Å². The Hall–Kier alpha value is -0.0800. The Balaban J connectivity index is 1.59. The highest BCUT2D eigenvalue weighted by molar-refractivity contribution is 4.95. The van der Waals surface area contributed by atoms with Crippen LogP contribution in [-0.4, -0.2) is 36.1 Å². The summed E-state index contributed by atoms with van der Waals surface area (Å²) in [6.45, 7) is 7.48. The van der Waals surface area contributed by atoms with E-state index in [0.717, 1.165) is 30.0 Å². The Morgan fingerprint density at radius 1 is 0.900 bits per heavy atom. The van der Waals surface area contributed by atoms with Crippen LogP contribution < -0.4 is 5.32 Å². The summed E-state index contributed by atoms with van der Waals surface area (Å²) in [4.78, 5) is 2.92. The number of hydrogen-bond donors (Lipinski definition) is 1. The maximum atomic E-state index is 3.77. The van der Waals surface area contributed by atoms with Gasteiger partial charge in [0.2, 0.25) is 0 Å². The summed E-state index contributed by atoms with van der Waals surface area (Å²) < 4.78 is 0. The average Bonchev–Trinajstić information content (AvgIpc) is 3.05. The molecule has 1 saturated carbocycles. The molecule has 3 aliphatic rings. The zero-order valence-corrected chi connectivity index (χ0v) is 13.6. The van der Waals surface area contributed by atoms with Gasteiger partial charge in [-0.2, -0.15) is 0 Å². The molecular weight excluding hydrogens is 244 g/mol. The molecule has 0 aromatic rings. The normalized spacial score (nSPS) is 40.4. The lowest BCUT2D eigenvalue weighted by atomic mass is 9.89. The maximum Gasteiger partial charge on any atom is 0.0252 e. The fourth-order valence-electron chi connectivity index (χ4n) is 5.05. The second-order valence-corrected chi connectivity index (χ2v) is 7.82. The van der Waals surface area contributed by atoms with E-state index in [1.54, 1.807) is 0 Å². The molecule has 2 saturated heterocycles. The van der Waals surface area contributed by atoms with Crippen LogP contribution in [0.2, 0.25) is 0 Å². The van der Waals surface area contributed by atoms with Gasteiger partial charge in [0.05, 0.1) is 0 Å². The van der Waals surface area contributed by atoms with Crippen LogP contribution in [-0.2, 0) is 0 Å². The fourth-order valence-corrected chi connectivity index (χ4v) is 5.05. The highest BCUT2D eigenvalue weighted by atomic mass is 15.2. The number of likely N-dealkylation sites (tertiary alicyclic amines) is 1. The molecule has 4 atom stereocenters. The second kappa shape index (κ2) is 6.79. The predicted molar refractivity (Wildman–Crippen MR) is 86.0 cm³/mol. The molecule has 2 heterocycles. The number of rotatable bonds is 3. The molecule has 4 unspecified atom stereocenters. The molecule has 116 valence electrons. The Morgan fingerprint density at radius 3 is 2.55 bits per heavy atom. The highest BCUT2D eigenvalue weighted by Crippen LogP contribution is 2.35. The van der Waals surface area contributed by atoms with Gasteiger partial charge < -0.3 is 5.32 Å². The third-order valence-corrected chi connectivity index (χ3v) is 6.30. The molecule has 0 aromatic heterocycles. The summed E-state index contributed by atoms with van der Waals surface area (Å²) in [5.74, 6) is 1.88. The zero-order chi connectivity index (χ0) is 13.9. The molecule has 2 heteroatoms. The molecule has 0 radical (unpaired) electrons. The standard InChI is InChI=1S/C18H34N2/c1-14(2)15-6-3-7-16(11-10-15)20-13-5-9-18(20)17-8-4-12-19-17/h14-19H,3-13H2,1-2H3. The highest BCUT2D eigenvalue weighted by Gasteiger charge is 2.37. The number of hydrogen-bond acceptors (Lipinski definition) is 2. The van der Waals surface area contributed by atoms with Gasteiger partial charge in [-0.15, -0.1) is 0 Å². The van der Waals surface area contributed by atoms with Gasteiger partial charge in [0.25, 0.3) is 0 Å². The van der Waals surface area contributed by atoms with Crippen molar-refractivity contribution in [2.24, 2.45) is 11.8 Å². The van der Waals surface area contributed by atoms with E-state index in [4.69, 9.17) is 0 Å². The molecule has 0 aromatic carbocycles. The van der Waals surface area contributed by atoms with Crippen LogP contribution in [0.25, 0.3) is 0 Å². The first-order valence-corrected chi connectivity index (χ1v) is 9.25. The molecule has 3 fully saturated rings. The van der Waals surface area contributed by atoms with Crippen molar-refractivity contribution < 1.29 is 0 Å². The first kappa shape index (κ1) is 14.8. The van der Waals surface area contributed by atoms with E-state index in [1.807, 2.05) is 0 Å². The van der Waals surface area contributed by atoms with Crippen molar-refractivity contribution in [2.45, 2.75) is 89.8 Å².